The number of hydrogen-bond donors (Lipinski definition) is 3. The summed E-state index contributed by atoms with van der Waals surface area (Å²) in [5.41, 5.74) is 5.59. The quantitative estimate of drug-likeness (QED) is 0.597. The van der Waals surface area contributed by atoms with Gasteiger partial charge < -0.3 is 16.4 Å². The van der Waals surface area contributed by atoms with Crippen LogP contribution >= 0.6 is 0 Å². The molecule has 0 unspecified atom stereocenters. The standard InChI is InChI=1S/C10H15N5O/c1-12-10(16)8-4-5-9(15-14-8)13-7-3-2-6-11/h2-5H,6-7,11H2,1H3,(H,12,16)(H,13,15)/b3-2+. The predicted octanol–water partition coefficient (Wildman–Crippen LogP) is -0.237. The number of aromatic nitrogens is 2. The van der Waals surface area contributed by atoms with Crippen LogP contribution in [0.4, 0.5) is 5.82 Å². The fourth-order valence-corrected chi connectivity index (χ4v) is 1.02. The smallest absolute Gasteiger partial charge is 0.271 e. The van der Waals surface area contributed by atoms with Crippen molar-refractivity contribution in [2.75, 3.05) is 25.5 Å². The van der Waals surface area contributed by atoms with Crippen LogP contribution in [0.1, 0.15) is 10.5 Å². The lowest BCUT2D eigenvalue weighted by Crippen LogP contribution is -2.19. The molecule has 0 bridgehead atoms. The topological polar surface area (TPSA) is 92.9 Å². The van der Waals surface area contributed by atoms with Gasteiger partial charge in [0.25, 0.3) is 5.91 Å². The molecule has 0 saturated heterocycles. The van der Waals surface area contributed by atoms with E-state index in [0.717, 1.165) is 0 Å². The van der Waals surface area contributed by atoms with E-state index in [1.54, 1.807) is 19.2 Å². The van der Waals surface area contributed by atoms with Crippen LogP contribution in [0.3, 0.4) is 0 Å². The van der Waals surface area contributed by atoms with Crippen molar-refractivity contribution in [3.8, 4) is 0 Å². The predicted molar refractivity (Wildman–Crippen MR) is 62.1 cm³/mol. The van der Waals surface area contributed by atoms with Crippen molar-refractivity contribution in [1.82, 2.24) is 15.5 Å². The van der Waals surface area contributed by atoms with Crippen molar-refractivity contribution in [2.24, 2.45) is 5.73 Å². The summed E-state index contributed by atoms with van der Waals surface area (Å²) in [6.07, 6.45) is 3.74. The lowest BCUT2D eigenvalue weighted by Gasteiger charge is -2.02. The van der Waals surface area contributed by atoms with E-state index in [4.69, 9.17) is 5.73 Å². The van der Waals surface area contributed by atoms with E-state index in [2.05, 4.69) is 20.8 Å². The molecule has 0 atom stereocenters. The number of nitrogens with one attached hydrogen (secondary N) is 2. The average molecular weight is 221 g/mol. The molecule has 0 radical (unpaired) electrons. The zero-order valence-electron chi connectivity index (χ0n) is 9.10. The second-order valence-electron chi connectivity index (χ2n) is 2.97. The number of nitrogens with zero attached hydrogens (tertiary/aromatic N) is 2. The molecule has 1 aromatic rings. The summed E-state index contributed by atoms with van der Waals surface area (Å²) < 4.78 is 0. The highest BCUT2D eigenvalue weighted by Gasteiger charge is 2.04. The lowest BCUT2D eigenvalue weighted by atomic mass is 10.3. The highest BCUT2D eigenvalue weighted by Crippen LogP contribution is 2.01. The van der Waals surface area contributed by atoms with E-state index in [1.807, 2.05) is 12.2 Å². The molecule has 86 valence electrons. The Morgan fingerprint density at radius 1 is 1.44 bits per heavy atom. The minimum absolute atomic E-state index is 0.248. The third kappa shape index (κ3) is 3.66. The molecule has 0 fully saturated rings. The van der Waals surface area contributed by atoms with Crippen LogP contribution in [-0.4, -0.2) is 36.2 Å². The van der Waals surface area contributed by atoms with Gasteiger partial charge in [0.15, 0.2) is 5.69 Å². The van der Waals surface area contributed by atoms with Crippen molar-refractivity contribution in [3.05, 3.63) is 30.0 Å². The van der Waals surface area contributed by atoms with Gasteiger partial charge in [-0.25, -0.2) is 0 Å². The molecule has 6 heteroatoms. The Labute approximate surface area is 93.9 Å². The summed E-state index contributed by atoms with van der Waals surface area (Å²) in [5.74, 6) is 0.372. The molecular formula is C10H15N5O. The Morgan fingerprint density at radius 3 is 2.81 bits per heavy atom. The Bertz CT molecular complexity index is 360. The minimum Gasteiger partial charge on any atom is -0.365 e. The molecule has 0 aromatic carbocycles. The number of amides is 1. The maximum Gasteiger partial charge on any atom is 0.271 e. The van der Waals surface area contributed by atoms with E-state index in [0.29, 0.717) is 24.6 Å². The molecular weight excluding hydrogens is 206 g/mol. The third-order valence-electron chi connectivity index (χ3n) is 1.83. The Kier molecular flexibility index (Phi) is 4.94. The maximum atomic E-state index is 11.2. The normalized spacial score (nSPS) is 10.4. The van der Waals surface area contributed by atoms with Gasteiger partial charge in [-0.2, -0.15) is 0 Å². The summed E-state index contributed by atoms with van der Waals surface area (Å²) >= 11 is 0. The summed E-state index contributed by atoms with van der Waals surface area (Å²) in [7, 11) is 1.55. The largest absolute Gasteiger partial charge is 0.365 e. The van der Waals surface area contributed by atoms with E-state index >= 15 is 0 Å². The Hall–Kier alpha value is -1.95. The number of carbonyl (C=O) groups is 1. The molecule has 0 saturated carbocycles. The molecule has 6 nitrogen and oxygen atoms in total. The molecule has 1 amide bonds. The van der Waals surface area contributed by atoms with Gasteiger partial charge in [0.1, 0.15) is 5.82 Å². The van der Waals surface area contributed by atoms with Gasteiger partial charge in [0.05, 0.1) is 0 Å². The fourth-order valence-electron chi connectivity index (χ4n) is 1.02. The van der Waals surface area contributed by atoms with Crippen molar-refractivity contribution < 1.29 is 4.79 Å². The highest BCUT2D eigenvalue weighted by atomic mass is 16.1. The van der Waals surface area contributed by atoms with Crippen LogP contribution in [0.25, 0.3) is 0 Å². The number of hydrogen-bond acceptors (Lipinski definition) is 5. The molecule has 0 aliphatic carbocycles. The molecule has 1 aromatic heterocycles. The monoisotopic (exact) mass is 221 g/mol. The molecule has 0 spiro atoms. The maximum absolute atomic E-state index is 11.2. The van der Waals surface area contributed by atoms with Gasteiger partial charge in [-0.15, -0.1) is 10.2 Å². The first kappa shape index (κ1) is 12.1. The second kappa shape index (κ2) is 6.52. The van der Waals surface area contributed by atoms with Gasteiger partial charge in [-0.3, -0.25) is 4.79 Å². The summed E-state index contributed by atoms with van der Waals surface area (Å²) in [4.78, 5) is 11.2. The summed E-state index contributed by atoms with van der Waals surface area (Å²) in [5, 5.41) is 13.1. The molecule has 1 rings (SSSR count). The van der Waals surface area contributed by atoms with Crippen molar-refractivity contribution in [2.45, 2.75) is 0 Å². The SMILES string of the molecule is CNC(=O)c1ccc(NC/C=C/CN)nn1. The molecule has 4 N–H and O–H groups in total. The van der Waals surface area contributed by atoms with Crippen LogP contribution in [0.2, 0.25) is 0 Å². The van der Waals surface area contributed by atoms with Crippen LogP contribution in [0.15, 0.2) is 24.3 Å². The van der Waals surface area contributed by atoms with Crippen LogP contribution in [-0.2, 0) is 0 Å². The zero-order chi connectivity index (χ0) is 11.8. The minimum atomic E-state index is -0.248. The average Bonchev–Trinajstić information content (AvgIpc) is 2.34. The third-order valence-corrected chi connectivity index (χ3v) is 1.83. The van der Waals surface area contributed by atoms with E-state index in [9.17, 15) is 4.79 Å². The van der Waals surface area contributed by atoms with Crippen molar-refractivity contribution in [3.63, 3.8) is 0 Å². The van der Waals surface area contributed by atoms with Crippen molar-refractivity contribution in [1.29, 1.82) is 0 Å². The Balaban J connectivity index is 2.51. The first-order chi connectivity index (χ1) is 7.77. The van der Waals surface area contributed by atoms with E-state index in [-0.39, 0.29) is 5.91 Å². The molecule has 1 heterocycles. The second-order valence-corrected chi connectivity index (χ2v) is 2.97. The van der Waals surface area contributed by atoms with Crippen LogP contribution < -0.4 is 16.4 Å². The molecule has 16 heavy (non-hydrogen) atoms. The number of rotatable bonds is 5. The zero-order valence-corrected chi connectivity index (χ0v) is 9.10. The van der Waals surface area contributed by atoms with E-state index in [1.165, 1.54) is 0 Å². The van der Waals surface area contributed by atoms with Crippen molar-refractivity contribution >= 4 is 11.7 Å². The lowest BCUT2D eigenvalue weighted by molar-refractivity contribution is 0.0957. The van der Waals surface area contributed by atoms with Gasteiger partial charge in [-0.1, -0.05) is 12.2 Å². The van der Waals surface area contributed by atoms with Crippen LogP contribution in [0.5, 0.6) is 0 Å². The van der Waals surface area contributed by atoms with Gasteiger partial charge in [0.2, 0.25) is 0 Å². The van der Waals surface area contributed by atoms with Gasteiger partial charge in [0, 0.05) is 20.1 Å². The van der Waals surface area contributed by atoms with Crippen LogP contribution in [0, 0.1) is 0 Å². The number of nitrogens with two attached hydrogens (primary N) is 1. The van der Waals surface area contributed by atoms with Gasteiger partial charge >= 0.3 is 0 Å². The first-order valence-corrected chi connectivity index (χ1v) is 4.92. The number of anilines is 1. The fraction of sp³-hybridized carbons (Fsp3) is 0.300. The summed E-state index contributed by atoms with van der Waals surface area (Å²) in [6.45, 7) is 1.15. The molecule has 0 aliphatic rings. The first-order valence-electron chi connectivity index (χ1n) is 4.92. The number of carbonyl (C=O) groups excluding carboxylic acids is 1. The highest BCUT2D eigenvalue weighted by molar-refractivity contribution is 5.91. The molecule has 0 aliphatic heterocycles. The summed E-state index contributed by atoms with van der Waals surface area (Å²) in [6, 6.07) is 3.31. The van der Waals surface area contributed by atoms with E-state index < -0.39 is 0 Å². The van der Waals surface area contributed by atoms with Gasteiger partial charge in [-0.05, 0) is 12.1 Å². The Morgan fingerprint density at radius 2 is 2.25 bits per heavy atom.